The lowest BCUT2D eigenvalue weighted by Crippen LogP contribution is -2.14. The van der Waals surface area contributed by atoms with Gasteiger partial charge in [0.15, 0.2) is 4.96 Å². The molecule has 2 aromatic heterocycles. The molecule has 0 aliphatic carbocycles. The van der Waals surface area contributed by atoms with Crippen LogP contribution in [0, 0.1) is 6.92 Å². The van der Waals surface area contributed by atoms with Gasteiger partial charge in [-0.05, 0) is 30.9 Å². The van der Waals surface area contributed by atoms with Crippen LogP contribution in [0.1, 0.15) is 47.9 Å². The van der Waals surface area contributed by atoms with Crippen molar-refractivity contribution >= 4 is 27.9 Å². The summed E-state index contributed by atoms with van der Waals surface area (Å²) in [4.78, 5) is 17.7. The Morgan fingerprint density at radius 2 is 2.18 bits per heavy atom. The number of aromatic nitrogens is 2. The van der Waals surface area contributed by atoms with Gasteiger partial charge in [0.25, 0.3) is 5.91 Å². The molecule has 0 spiro atoms. The highest BCUT2D eigenvalue weighted by molar-refractivity contribution is 7.15. The third-order valence-electron chi connectivity index (χ3n) is 3.97. The Hall–Kier alpha value is -2.14. The number of nitrogens with one attached hydrogen (secondary N) is 1. The first-order valence-corrected chi connectivity index (χ1v) is 8.31. The van der Waals surface area contributed by atoms with Gasteiger partial charge in [0, 0.05) is 23.0 Å². The van der Waals surface area contributed by atoms with Crippen LogP contribution < -0.4 is 5.32 Å². The largest absolute Gasteiger partial charge is 0.320 e. The molecule has 0 saturated heterocycles. The summed E-state index contributed by atoms with van der Waals surface area (Å²) in [5, 5.41) is 5.03. The molecular formula is C17H19N3OS. The minimum absolute atomic E-state index is 0.161. The van der Waals surface area contributed by atoms with E-state index in [-0.39, 0.29) is 5.91 Å². The average Bonchev–Trinajstić information content (AvgIpc) is 3.09. The van der Waals surface area contributed by atoms with Gasteiger partial charge in [0.05, 0.1) is 0 Å². The van der Waals surface area contributed by atoms with E-state index < -0.39 is 0 Å². The number of nitrogens with zero attached hydrogens (tertiary/aromatic N) is 2. The van der Waals surface area contributed by atoms with Gasteiger partial charge in [-0.1, -0.05) is 32.0 Å². The van der Waals surface area contributed by atoms with Gasteiger partial charge in [0.1, 0.15) is 5.69 Å². The van der Waals surface area contributed by atoms with Crippen molar-refractivity contribution in [2.45, 2.75) is 33.1 Å². The molecule has 3 rings (SSSR count). The topological polar surface area (TPSA) is 46.4 Å². The van der Waals surface area contributed by atoms with Crippen LogP contribution in [-0.4, -0.2) is 15.3 Å². The molecule has 1 unspecified atom stereocenters. The van der Waals surface area contributed by atoms with Gasteiger partial charge >= 0.3 is 0 Å². The van der Waals surface area contributed by atoms with Crippen LogP contribution in [0.2, 0.25) is 0 Å². The lowest BCUT2D eigenvalue weighted by Gasteiger charge is -2.15. The summed E-state index contributed by atoms with van der Waals surface area (Å²) in [6.07, 6.45) is 2.83. The summed E-state index contributed by atoms with van der Waals surface area (Å²) >= 11 is 1.54. The summed E-state index contributed by atoms with van der Waals surface area (Å²) in [6, 6.07) is 7.97. The van der Waals surface area contributed by atoms with E-state index in [1.54, 1.807) is 17.5 Å². The molecule has 5 heteroatoms. The van der Waals surface area contributed by atoms with E-state index in [1.165, 1.54) is 0 Å². The Morgan fingerprint density at radius 1 is 1.41 bits per heavy atom. The Labute approximate surface area is 133 Å². The second-order valence-corrected chi connectivity index (χ2v) is 6.34. The monoisotopic (exact) mass is 313 g/mol. The van der Waals surface area contributed by atoms with E-state index in [9.17, 15) is 4.79 Å². The molecule has 0 radical (unpaired) electrons. The number of fused-ring (bicyclic) bond motifs is 1. The zero-order valence-corrected chi connectivity index (χ0v) is 13.8. The van der Waals surface area contributed by atoms with Crippen molar-refractivity contribution < 1.29 is 4.79 Å². The molecule has 1 amide bonds. The summed E-state index contributed by atoms with van der Waals surface area (Å²) in [5.74, 6) is 0.246. The molecule has 0 fully saturated rings. The average molecular weight is 313 g/mol. The smallest absolute Gasteiger partial charge is 0.275 e. The molecule has 0 bridgehead atoms. The Morgan fingerprint density at radius 3 is 2.91 bits per heavy atom. The molecular weight excluding hydrogens is 294 g/mol. The summed E-state index contributed by atoms with van der Waals surface area (Å²) in [6.45, 7) is 6.32. The number of para-hydroxylation sites is 1. The van der Waals surface area contributed by atoms with Crippen molar-refractivity contribution in [1.29, 1.82) is 0 Å². The number of aryl methyl sites for hydroxylation is 1. The van der Waals surface area contributed by atoms with Crippen LogP contribution in [0.25, 0.3) is 4.96 Å². The first kappa shape index (κ1) is 14.8. The number of anilines is 1. The highest BCUT2D eigenvalue weighted by Gasteiger charge is 2.15. The van der Waals surface area contributed by atoms with E-state index in [0.717, 1.165) is 28.3 Å². The lowest BCUT2D eigenvalue weighted by molar-refractivity contribution is 0.102. The third-order valence-corrected chi connectivity index (χ3v) is 4.93. The standard InChI is InChI=1S/C17H19N3OS/c1-4-11(2)13-7-5-6-8-14(13)18-16(21)15-9-20-12(3)10-22-17(20)19-15/h5-11H,4H2,1-3H3,(H,18,21). The first-order valence-electron chi connectivity index (χ1n) is 7.43. The maximum Gasteiger partial charge on any atom is 0.275 e. The molecule has 2 heterocycles. The molecule has 4 nitrogen and oxygen atoms in total. The maximum atomic E-state index is 12.5. The number of carbonyl (C=O) groups excluding carboxylic acids is 1. The minimum Gasteiger partial charge on any atom is -0.320 e. The molecule has 1 atom stereocenters. The summed E-state index contributed by atoms with van der Waals surface area (Å²) in [5.41, 5.74) is 3.57. The zero-order chi connectivity index (χ0) is 15.7. The fourth-order valence-corrected chi connectivity index (χ4v) is 3.30. The van der Waals surface area contributed by atoms with Crippen molar-refractivity contribution in [2.75, 3.05) is 5.32 Å². The van der Waals surface area contributed by atoms with Gasteiger partial charge in [-0.3, -0.25) is 9.20 Å². The molecule has 1 N–H and O–H groups in total. The quantitative estimate of drug-likeness (QED) is 0.772. The Kier molecular flexibility index (Phi) is 3.98. The number of thiazole rings is 1. The van der Waals surface area contributed by atoms with E-state index in [4.69, 9.17) is 0 Å². The van der Waals surface area contributed by atoms with Crippen LogP contribution in [-0.2, 0) is 0 Å². The van der Waals surface area contributed by atoms with Crippen molar-refractivity contribution in [1.82, 2.24) is 9.38 Å². The van der Waals surface area contributed by atoms with E-state index in [2.05, 4.69) is 30.2 Å². The molecule has 0 aliphatic heterocycles. The van der Waals surface area contributed by atoms with E-state index >= 15 is 0 Å². The molecule has 3 aromatic rings. The van der Waals surface area contributed by atoms with Crippen LogP contribution >= 0.6 is 11.3 Å². The molecule has 0 aliphatic rings. The SMILES string of the molecule is CCC(C)c1ccccc1NC(=O)c1cn2c(C)csc2n1. The minimum atomic E-state index is -0.161. The van der Waals surface area contributed by atoms with Crippen molar-refractivity contribution in [3.63, 3.8) is 0 Å². The zero-order valence-electron chi connectivity index (χ0n) is 13.0. The lowest BCUT2D eigenvalue weighted by atomic mass is 9.97. The second-order valence-electron chi connectivity index (χ2n) is 5.51. The van der Waals surface area contributed by atoms with Gasteiger partial charge in [-0.2, -0.15) is 0 Å². The van der Waals surface area contributed by atoms with Gasteiger partial charge < -0.3 is 5.32 Å². The number of rotatable bonds is 4. The molecule has 22 heavy (non-hydrogen) atoms. The number of carbonyl (C=O) groups is 1. The molecule has 0 saturated carbocycles. The highest BCUT2D eigenvalue weighted by Crippen LogP contribution is 2.27. The van der Waals surface area contributed by atoms with E-state index in [0.29, 0.717) is 11.6 Å². The number of benzene rings is 1. The highest BCUT2D eigenvalue weighted by atomic mass is 32.1. The predicted octanol–water partition coefficient (Wildman–Crippen LogP) is 4.47. The van der Waals surface area contributed by atoms with Gasteiger partial charge in [-0.15, -0.1) is 11.3 Å². The van der Waals surface area contributed by atoms with Crippen LogP contribution in [0.15, 0.2) is 35.8 Å². The van der Waals surface area contributed by atoms with Crippen LogP contribution in [0.3, 0.4) is 0 Å². The Balaban J connectivity index is 1.88. The van der Waals surface area contributed by atoms with E-state index in [1.807, 2.05) is 34.9 Å². The fourth-order valence-electron chi connectivity index (χ4n) is 2.45. The van der Waals surface area contributed by atoms with Crippen LogP contribution in [0.5, 0.6) is 0 Å². The molecule has 1 aromatic carbocycles. The number of imidazole rings is 1. The number of amides is 1. The molecule has 114 valence electrons. The number of hydrogen-bond donors (Lipinski definition) is 1. The van der Waals surface area contributed by atoms with Crippen molar-refractivity contribution in [3.8, 4) is 0 Å². The predicted molar refractivity (Wildman–Crippen MR) is 90.9 cm³/mol. The van der Waals surface area contributed by atoms with Gasteiger partial charge in [-0.25, -0.2) is 4.98 Å². The van der Waals surface area contributed by atoms with Crippen molar-refractivity contribution in [2.24, 2.45) is 0 Å². The summed E-state index contributed by atoms with van der Waals surface area (Å²) in [7, 11) is 0. The van der Waals surface area contributed by atoms with Crippen molar-refractivity contribution in [3.05, 3.63) is 52.8 Å². The fraction of sp³-hybridized carbons (Fsp3) is 0.294. The maximum absolute atomic E-state index is 12.5. The van der Waals surface area contributed by atoms with Crippen LogP contribution in [0.4, 0.5) is 5.69 Å². The Bertz CT molecular complexity index is 818. The normalized spacial score (nSPS) is 12.5. The van der Waals surface area contributed by atoms with Gasteiger partial charge in [0.2, 0.25) is 0 Å². The first-order chi connectivity index (χ1) is 10.6. The second kappa shape index (κ2) is 5.93. The summed E-state index contributed by atoms with van der Waals surface area (Å²) < 4.78 is 1.94. The number of hydrogen-bond acceptors (Lipinski definition) is 3. The third kappa shape index (κ3) is 2.64.